The molecule has 0 spiro atoms. The van der Waals surface area contributed by atoms with E-state index in [1.165, 1.54) is 11.1 Å². The molecule has 1 aromatic rings. The van der Waals surface area contributed by atoms with Crippen molar-refractivity contribution in [1.29, 1.82) is 0 Å². The molecule has 2 rings (SSSR count). The molecule has 0 aromatic heterocycles. The zero-order chi connectivity index (χ0) is 11.4. The van der Waals surface area contributed by atoms with Crippen molar-refractivity contribution < 1.29 is 4.79 Å². The smallest absolute Gasteiger partial charge is 0.222 e. The molecular formula is C13H18N2O. The Labute approximate surface area is 96.2 Å². The van der Waals surface area contributed by atoms with Gasteiger partial charge in [0.2, 0.25) is 5.91 Å². The number of benzene rings is 1. The normalized spacial score (nSPS) is 14.7. The highest BCUT2D eigenvalue weighted by molar-refractivity contribution is 5.76. The van der Waals surface area contributed by atoms with Gasteiger partial charge < -0.3 is 10.6 Å². The summed E-state index contributed by atoms with van der Waals surface area (Å²) in [5, 5.41) is 0. The molecular weight excluding hydrogens is 200 g/mol. The number of carbonyl (C=O) groups excluding carboxylic acids is 1. The Morgan fingerprint density at radius 2 is 2.06 bits per heavy atom. The molecule has 2 N–H and O–H groups in total. The summed E-state index contributed by atoms with van der Waals surface area (Å²) in [5.41, 5.74) is 8.08. The van der Waals surface area contributed by atoms with E-state index in [2.05, 4.69) is 18.2 Å². The van der Waals surface area contributed by atoms with Gasteiger partial charge in [-0.25, -0.2) is 0 Å². The van der Waals surface area contributed by atoms with Crippen molar-refractivity contribution in [2.45, 2.75) is 25.8 Å². The molecule has 1 heterocycles. The first-order chi connectivity index (χ1) is 7.81. The molecule has 3 nitrogen and oxygen atoms in total. The van der Waals surface area contributed by atoms with Gasteiger partial charge in [0, 0.05) is 19.5 Å². The molecule has 0 unspecified atom stereocenters. The first kappa shape index (κ1) is 11.1. The average molecular weight is 218 g/mol. The Bertz CT molecular complexity index is 376. The lowest BCUT2D eigenvalue weighted by atomic mass is 9.99. The zero-order valence-electron chi connectivity index (χ0n) is 9.48. The second-order valence-electron chi connectivity index (χ2n) is 4.23. The third-order valence-electron chi connectivity index (χ3n) is 3.08. The van der Waals surface area contributed by atoms with Gasteiger partial charge in [0.15, 0.2) is 0 Å². The van der Waals surface area contributed by atoms with Crippen LogP contribution in [0.15, 0.2) is 24.3 Å². The summed E-state index contributed by atoms with van der Waals surface area (Å²) >= 11 is 0. The maximum Gasteiger partial charge on any atom is 0.222 e. The summed E-state index contributed by atoms with van der Waals surface area (Å²) < 4.78 is 0. The number of hydrogen-bond donors (Lipinski definition) is 1. The van der Waals surface area contributed by atoms with Crippen LogP contribution in [0.2, 0.25) is 0 Å². The zero-order valence-corrected chi connectivity index (χ0v) is 9.48. The standard InChI is InChI=1S/C13H18N2O/c14-8-3-6-13(16)15-9-7-11-4-1-2-5-12(11)10-15/h1-2,4-5H,3,6-10,14H2. The van der Waals surface area contributed by atoms with Crippen LogP contribution in [0.3, 0.4) is 0 Å². The summed E-state index contributed by atoms with van der Waals surface area (Å²) in [6.45, 7) is 2.20. The first-order valence-electron chi connectivity index (χ1n) is 5.86. The molecule has 0 saturated heterocycles. The summed E-state index contributed by atoms with van der Waals surface area (Å²) in [5.74, 6) is 0.236. The van der Waals surface area contributed by atoms with Gasteiger partial charge in [-0.05, 0) is 30.5 Å². The number of nitrogens with two attached hydrogens (primary N) is 1. The molecule has 0 aliphatic carbocycles. The van der Waals surface area contributed by atoms with Gasteiger partial charge in [-0.2, -0.15) is 0 Å². The van der Waals surface area contributed by atoms with Crippen LogP contribution in [0.4, 0.5) is 0 Å². The number of nitrogens with zero attached hydrogens (tertiary/aromatic N) is 1. The number of hydrogen-bond acceptors (Lipinski definition) is 2. The fraction of sp³-hybridized carbons (Fsp3) is 0.462. The lowest BCUT2D eigenvalue weighted by Crippen LogP contribution is -2.36. The average Bonchev–Trinajstić information content (AvgIpc) is 2.35. The molecule has 16 heavy (non-hydrogen) atoms. The highest BCUT2D eigenvalue weighted by Crippen LogP contribution is 2.19. The van der Waals surface area contributed by atoms with E-state index in [-0.39, 0.29) is 5.91 Å². The highest BCUT2D eigenvalue weighted by Gasteiger charge is 2.19. The fourth-order valence-electron chi connectivity index (χ4n) is 2.12. The largest absolute Gasteiger partial charge is 0.338 e. The van der Waals surface area contributed by atoms with E-state index in [0.29, 0.717) is 13.0 Å². The molecule has 0 radical (unpaired) electrons. The maximum atomic E-state index is 11.8. The Kier molecular flexibility index (Phi) is 3.57. The van der Waals surface area contributed by atoms with Crippen molar-refractivity contribution in [1.82, 2.24) is 4.90 Å². The fourth-order valence-corrected chi connectivity index (χ4v) is 2.12. The minimum absolute atomic E-state index is 0.236. The molecule has 86 valence electrons. The van der Waals surface area contributed by atoms with Gasteiger partial charge in [0.05, 0.1) is 0 Å². The second-order valence-corrected chi connectivity index (χ2v) is 4.23. The van der Waals surface area contributed by atoms with E-state index < -0.39 is 0 Å². The predicted octanol–water partition coefficient (Wildman–Crippen LogP) is 1.31. The monoisotopic (exact) mass is 218 g/mol. The second kappa shape index (κ2) is 5.12. The van der Waals surface area contributed by atoms with Crippen molar-refractivity contribution >= 4 is 5.91 Å². The highest BCUT2D eigenvalue weighted by atomic mass is 16.2. The van der Waals surface area contributed by atoms with Crippen molar-refractivity contribution in [3.63, 3.8) is 0 Å². The third kappa shape index (κ3) is 2.42. The lowest BCUT2D eigenvalue weighted by Gasteiger charge is -2.28. The van der Waals surface area contributed by atoms with Gasteiger partial charge in [-0.3, -0.25) is 4.79 Å². The van der Waals surface area contributed by atoms with Crippen LogP contribution in [0.5, 0.6) is 0 Å². The molecule has 1 aromatic carbocycles. The van der Waals surface area contributed by atoms with Crippen LogP contribution in [0, 0.1) is 0 Å². The Morgan fingerprint density at radius 1 is 1.31 bits per heavy atom. The summed E-state index contributed by atoms with van der Waals surface area (Å²) in [7, 11) is 0. The number of rotatable bonds is 3. The Morgan fingerprint density at radius 3 is 2.81 bits per heavy atom. The van der Waals surface area contributed by atoms with Crippen molar-refractivity contribution in [2.75, 3.05) is 13.1 Å². The summed E-state index contributed by atoms with van der Waals surface area (Å²) in [6.07, 6.45) is 2.35. The van der Waals surface area contributed by atoms with Crippen molar-refractivity contribution in [3.8, 4) is 0 Å². The molecule has 1 aliphatic heterocycles. The molecule has 0 bridgehead atoms. The molecule has 0 atom stereocenters. The quantitative estimate of drug-likeness (QED) is 0.831. The third-order valence-corrected chi connectivity index (χ3v) is 3.08. The summed E-state index contributed by atoms with van der Waals surface area (Å²) in [6, 6.07) is 8.35. The van der Waals surface area contributed by atoms with Crippen LogP contribution in [0.1, 0.15) is 24.0 Å². The van der Waals surface area contributed by atoms with E-state index in [1.807, 2.05) is 11.0 Å². The minimum Gasteiger partial charge on any atom is -0.338 e. The van der Waals surface area contributed by atoms with Crippen LogP contribution in [0.25, 0.3) is 0 Å². The summed E-state index contributed by atoms with van der Waals surface area (Å²) in [4.78, 5) is 13.8. The molecule has 0 saturated carbocycles. The van der Waals surface area contributed by atoms with Crippen LogP contribution in [-0.4, -0.2) is 23.9 Å². The van der Waals surface area contributed by atoms with Crippen LogP contribution < -0.4 is 5.73 Å². The van der Waals surface area contributed by atoms with Crippen molar-refractivity contribution in [2.24, 2.45) is 5.73 Å². The van der Waals surface area contributed by atoms with E-state index >= 15 is 0 Å². The topological polar surface area (TPSA) is 46.3 Å². The van der Waals surface area contributed by atoms with Gasteiger partial charge >= 0.3 is 0 Å². The molecule has 3 heteroatoms. The van der Waals surface area contributed by atoms with E-state index in [0.717, 1.165) is 25.9 Å². The van der Waals surface area contributed by atoms with E-state index in [1.54, 1.807) is 0 Å². The SMILES string of the molecule is NCCCC(=O)N1CCc2ccccc2C1. The maximum absolute atomic E-state index is 11.8. The number of amides is 1. The molecule has 1 aliphatic rings. The van der Waals surface area contributed by atoms with Crippen molar-refractivity contribution in [3.05, 3.63) is 35.4 Å². The van der Waals surface area contributed by atoms with Gasteiger partial charge in [0.25, 0.3) is 0 Å². The lowest BCUT2D eigenvalue weighted by molar-refractivity contribution is -0.132. The van der Waals surface area contributed by atoms with Gasteiger partial charge in [0.1, 0.15) is 0 Å². The predicted molar refractivity (Wildman–Crippen MR) is 63.9 cm³/mol. The Hall–Kier alpha value is -1.35. The van der Waals surface area contributed by atoms with E-state index in [4.69, 9.17) is 5.73 Å². The van der Waals surface area contributed by atoms with Crippen LogP contribution >= 0.6 is 0 Å². The van der Waals surface area contributed by atoms with E-state index in [9.17, 15) is 4.79 Å². The molecule has 1 amide bonds. The first-order valence-corrected chi connectivity index (χ1v) is 5.86. The van der Waals surface area contributed by atoms with Gasteiger partial charge in [-0.1, -0.05) is 24.3 Å². The minimum atomic E-state index is 0.236. The number of carbonyl (C=O) groups is 1. The molecule has 0 fully saturated rings. The number of fused-ring (bicyclic) bond motifs is 1. The Balaban J connectivity index is 1.99. The van der Waals surface area contributed by atoms with Gasteiger partial charge in [-0.15, -0.1) is 0 Å². The van der Waals surface area contributed by atoms with Crippen LogP contribution in [-0.2, 0) is 17.8 Å².